The Kier molecular flexibility index (Phi) is 12.2. The summed E-state index contributed by atoms with van der Waals surface area (Å²) < 4.78 is 0. The van der Waals surface area contributed by atoms with Crippen LogP contribution >= 0.6 is 37.2 Å². The first-order valence-electron chi connectivity index (χ1n) is 3.09. The minimum Gasteiger partial charge on any atom is -0.295 e. The van der Waals surface area contributed by atoms with Crippen LogP contribution in [0.2, 0.25) is 0 Å². The average Bonchev–Trinajstić information content (AvgIpc) is 2.02. The maximum Gasteiger partial charge on any atom is 0.0252 e. The monoisotopic (exact) mass is 463 g/mol. The van der Waals surface area contributed by atoms with Gasteiger partial charge in [0, 0.05) is 76.1 Å². The smallest absolute Gasteiger partial charge is 0.0252 e. The number of aryl methyl sites for hydroxylation is 2. The molecular formula is C8H10I2NY-. The van der Waals surface area contributed by atoms with E-state index in [4.69, 9.17) is 0 Å². The second-order valence-electron chi connectivity index (χ2n) is 2.28. The standard InChI is InChI=1S/C8H10N.I2.Y/c1-6-4-7(2)8(3)9-5-6;1-2;/h4-5H,3H2,1-2H3;;/q-1;;. The van der Waals surface area contributed by atoms with E-state index in [1.165, 1.54) is 5.56 Å². The maximum absolute atomic E-state index is 4.07. The Balaban J connectivity index is 0. The topological polar surface area (TPSA) is 12.9 Å². The fraction of sp³-hybridized carbons (Fsp3) is 0.250. The van der Waals surface area contributed by atoms with Crippen molar-refractivity contribution in [3.63, 3.8) is 0 Å². The second-order valence-corrected chi connectivity index (χ2v) is 2.28. The molecule has 1 nitrogen and oxygen atoms in total. The van der Waals surface area contributed by atoms with E-state index in [0.717, 1.165) is 11.3 Å². The van der Waals surface area contributed by atoms with Gasteiger partial charge in [0.1, 0.15) is 0 Å². The van der Waals surface area contributed by atoms with Crippen LogP contribution in [0, 0.1) is 20.8 Å². The molecule has 1 heterocycles. The Labute approximate surface area is 123 Å². The normalized spacial score (nSPS) is 7.67. The molecule has 1 rings (SSSR count). The number of rotatable bonds is 0. The van der Waals surface area contributed by atoms with E-state index in [2.05, 4.69) is 55.2 Å². The van der Waals surface area contributed by atoms with Crippen LogP contribution in [0.4, 0.5) is 0 Å². The predicted octanol–water partition coefficient (Wildman–Crippen LogP) is 3.65. The molecule has 0 atom stereocenters. The second kappa shape index (κ2) is 9.15. The zero-order valence-electron chi connectivity index (χ0n) is 7.14. The third-order valence-corrected chi connectivity index (χ3v) is 1.32. The van der Waals surface area contributed by atoms with Gasteiger partial charge in [0.25, 0.3) is 0 Å². The summed E-state index contributed by atoms with van der Waals surface area (Å²) in [5, 5.41) is 0. The van der Waals surface area contributed by atoms with Crippen molar-refractivity contribution < 1.29 is 32.7 Å². The molecule has 0 N–H and O–H groups in total. The van der Waals surface area contributed by atoms with Crippen molar-refractivity contribution in [2.75, 3.05) is 0 Å². The zero-order valence-corrected chi connectivity index (χ0v) is 14.3. The van der Waals surface area contributed by atoms with Crippen molar-refractivity contribution in [1.82, 2.24) is 4.98 Å². The number of hydrogen-bond acceptors (Lipinski definition) is 1. The number of pyridine rings is 1. The Morgan fingerprint density at radius 1 is 1.33 bits per heavy atom. The van der Waals surface area contributed by atoms with Gasteiger partial charge in [-0.3, -0.25) is 4.98 Å². The van der Waals surface area contributed by atoms with Crippen LogP contribution in [-0.2, 0) is 32.7 Å². The number of nitrogens with zero attached hydrogens (tertiary/aromatic N) is 1. The molecule has 1 aromatic heterocycles. The first-order chi connectivity index (χ1) is 5.20. The SMILES string of the molecule is II.[CH2-]c1ncc(C)cc1C.[Y]. The quantitative estimate of drug-likeness (QED) is 0.424. The molecular weight excluding hydrogens is 453 g/mol. The summed E-state index contributed by atoms with van der Waals surface area (Å²) in [6.45, 7) is 7.79. The van der Waals surface area contributed by atoms with E-state index in [0.29, 0.717) is 0 Å². The number of aromatic nitrogens is 1. The Hall–Kier alpha value is 1.58. The molecule has 0 aliphatic heterocycles. The fourth-order valence-corrected chi connectivity index (χ4v) is 0.744. The molecule has 0 spiro atoms. The van der Waals surface area contributed by atoms with Gasteiger partial charge in [-0.25, -0.2) is 6.92 Å². The van der Waals surface area contributed by atoms with Gasteiger partial charge in [-0.15, -0.1) is 13.0 Å². The summed E-state index contributed by atoms with van der Waals surface area (Å²) in [7, 11) is 0. The van der Waals surface area contributed by atoms with Gasteiger partial charge in [0.2, 0.25) is 0 Å². The van der Waals surface area contributed by atoms with Crippen molar-refractivity contribution in [2.45, 2.75) is 13.8 Å². The average molecular weight is 463 g/mol. The van der Waals surface area contributed by atoms with Gasteiger partial charge in [-0.1, -0.05) is 11.3 Å². The molecule has 0 unspecified atom stereocenters. The third kappa shape index (κ3) is 6.10. The van der Waals surface area contributed by atoms with Crippen LogP contribution in [0.15, 0.2) is 12.3 Å². The van der Waals surface area contributed by atoms with Crippen molar-refractivity contribution in [2.24, 2.45) is 0 Å². The summed E-state index contributed by atoms with van der Waals surface area (Å²) in [6.07, 6.45) is 1.83. The molecule has 1 aromatic rings. The van der Waals surface area contributed by atoms with Crippen LogP contribution in [0.25, 0.3) is 0 Å². The molecule has 0 saturated carbocycles. The van der Waals surface area contributed by atoms with E-state index in [9.17, 15) is 0 Å². The van der Waals surface area contributed by atoms with Gasteiger partial charge in [-0.2, -0.15) is 5.56 Å². The van der Waals surface area contributed by atoms with Gasteiger partial charge in [-0.05, 0) is 6.92 Å². The van der Waals surface area contributed by atoms with Crippen LogP contribution in [0.1, 0.15) is 16.8 Å². The Morgan fingerprint density at radius 2 is 1.83 bits per heavy atom. The van der Waals surface area contributed by atoms with E-state index >= 15 is 0 Å². The van der Waals surface area contributed by atoms with Crippen molar-refractivity contribution in [1.29, 1.82) is 0 Å². The Morgan fingerprint density at radius 3 is 2.17 bits per heavy atom. The predicted molar refractivity (Wildman–Crippen MR) is 66.2 cm³/mol. The Bertz CT molecular complexity index is 228. The molecule has 0 aliphatic carbocycles. The molecule has 0 bridgehead atoms. The summed E-state index contributed by atoms with van der Waals surface area (Å²) in [4.78, 5) is 4.07. The fourth-order valence-electron chi connectivity index (χ4n) is 0.744. The van der Waals surface area contributed by atoms with Crippen molar-refractivity contribution >= 4 is 37.2 Å². The summed E-state index contributed by atoms with van der Waals surface area (Å²) in [5.74, 6) is 0. The van der Waals surface area contributed by atoms with Crippen molar-refractivity contribution in [3.05, 3.63) is 36.0 Å². The van der Waals surface area contributed by atoms with Crippen molar-refractivity contribution in [3.8, 4) is 0 Å². The van der Waals surface area contributed by atoms with Gasteiger partial charge < -0.3 is 0 Å². The molecule has 0 amide bonds. The maximum atomic E-state index is 4.07. The molecule has 65 valence electrons. The van der Waals surface area contributed by atoms with Gasteiger partial charge in [0.15, 0.2) is 0 Å². The van der Waals surface area contributed by atoms with Gasteiger partial charge >= 0.3 is 0 Å². The number of halogens is 2. The summed E-state index contributed by atoms with van der Waals surface area (Å²) in [5.41, 5.74) is 3.23. The summed E-state index contributed by atoms with van der Waals surface area (Å²) in [6, 6.07) is 2.08. The first-order valence-corrected chi connectivity index (χ1v) is 9.38. The minimum absolute atomic E-state index is 0. The molecule has 0 aromatic carbocycles. The van der Waals surface area contributed by atoms with Crippen LogP contribution in [0.5, 0.6) is 0 Å². The van der Waals surface area contributed by atoms with Crippen LogP contribution in [0.3, 0.4) is 0 Å². The zero-order chi connectivity index (χ0) is 8.85. The molecule has 0 saturated heterocycles. The molecule has 0 aliphatic rings. The molecule has 1 radical (unpaired) electrons. The van der Waals surface area contributed by atoms with Crippen LogP contribution in [-0.4, -0.2) is 4.98 Å². The molecule has 0 fully saturated rings. The van der Waals surface area contributed by atoms with E-state index in [1.54, 1.807) is 0 Å². The van der Waals surface area contributed by atoms with E-state index < -0.39 is 0 Å². The molecule has 12 heavy (non-hydrogen) atoms. The largest absolute Gasteiger partial charge is 0.295 e. The van der Waals surface area contributed by atoms with E-state index in [1.807, 2.05) is 20.0 Å². The number of hydrogen-bond donors (Lipinski definition) is 0. The minimum atomic E-state index is 0. The molecule has 4 heteroatoms. The van der Waals surface area contributed by atoms with Gasteiger partial charge in [0.05, 0.1) is 0 Å². The third-order valence-electron chi connectivity index (χ3n) is 1.32. The summed E-state index contributed by atoms with van der Waals surface area (Å²) >= 11 is 4.24. The van der Waals surface area contributed by atoms with E-state index in [-0.39, 0.29) is 32.7 Å². The van der Waals surface area contributed by atoms with Crippen LogP contribution < -0.4 is 0 Å². The first kappa shape index (κ1) is 16.0.